The first-order valence-corrected chi connectivity index (χ1v) is 8.10. The third-order valence-corrected chi connectivity index (χ3v) is 4.14. The van der Waals surface area contributed by atoms with Gasteiger partial charge in [-0.15, -0.1) is 0 Å². The minimum absolute atomic E-state index is 0.193. The van der Waals surface area contributed by atoms with Crippen LogP contribution in [0.3, 0.4) is 0 Å². The molecule has 0 aliphatic rings. The predicted octanol–water partition coefficient (Wildman–Crippen LogP) is 3.11. The second-order valence-corrected chi connectivity index (χ2v) is 6.05. The number of halogens is 3. The molecule has 8 heteroatoms. The van der Waals surface area contributed by atoms with Crippen molar-refractivity contribution in [2.75, 3.05) is 11.9 Å². The highest BCUT2D eigenvalue weighted by molar-refractivity contribution is 6.39. The summed E-state index contributed by atoms with van der Waals surface area (Å²) in [6.07, 6.45) is -5.71. The molecule has 27 heavy (non-hydrogen) atoms. The van der Waals surface area contributed by atoms with E-state index in [1.54, 1.807) is 19.1 Å². The number of alkyl halides is 3. The number of anilines is 1. The van der Waals surface area contributed by atoms with Crippen LogP contribution in [0, 0.1) is 13.8 Å². The predicted molar refractivity (Wildman–Crippen MR) is 94.0 cm³/mol. The van der Waals surface area contributed by atoms with Gasteiger partial charge in [0.15, 0.2) is 0 Å². The van der Waals surface area contributed by atoms with Crippen molar-refractivity contribution >= 4 is 17.5 Å². The Labute approximate surface area is 154 Å². The Hall–Kier alpha value is -2.87. The van der Waals surface area contributed by atoms with Gasteiger partial charge in [-0.05, 0) is 48.7 Å². The van der Waals surface area contributed by atoms with Gasteiger partial charge in [0.1, 0.15) is 0 Å². The van der Waals surface area contributed by atoms with Crippen LogP contribution in [0.1, 0.15) is 28.4 Å². The van der Waals surface area contributed by atoms with Crippen molar-refractivity contribution in [1.82, 2.24) is 5.32 Å². The molecule has 0 aliphatic heterocycles. The second kappa shape index (κ2) is 8.22. The number of benzene rings is 2. The van der Waals surface area contributed by atoms with Crippen molar-refractivity contribution in [3.63, 3.8) is 0 Å². The van der Waals surface area contributed by atoms with E-state index in [1.807, 2.05) is 13.0 Å². The molecule has 0 aliphatic carbocycles. The summed E-state index contributed by atoms with van der Waals surface area (Å²) in [5, 5.41) is 14.7. The summed E-state index contributed by atoms with van der Waals surface area (Å²) in [5.41, 5.74) is 1.63. The lowest BCUT2D eigenvalue weighted by molar-refractivity contribution is -0.137. The molecule has 0 spiro atoms. The lowest BCUT2D eigenvalue weighted by atomic mass is 10.1. The van der Waals surface area contributed by atoms with Crippen LogP contribution >= 0.6 is 0 Å². The summed E-state index contributed by atoms with van der Waals surface area (Å²) in [6, 6.07) is 9.19. The van der Waals surface area contributed by atoms with E-state index < -0.39 is 29.7 Å². The number of hydrogen-bond donors (Lipinski definition) is 3. The normalized spacial score (nSPS) is 12.4. The molecule has 5 nitrogen and oxygen atoms in total. The van der Waals surface area contributed by atoms with E-state index in [9.17, 15) is 27.9 Å². The SMILES string of the molecule is Cc1cccc(NC(=O)C(=O)NC[C@H](O)c2ccc(C(F)(F)F)cc2)c1C. The highest BCUT2D eigenvalue weighted by Crippen LogP contribution is 2.29. The van der Waals surface area contributed by atoms with Crippen LogP contribution in [-0.4, -0.2) is 23.5 Å². The molecule has 0 fully saturated rings. The summed E-state index contributed by atoms with van der Waals surface area (Å²) >= 11 is 0. The number of aliphatic hydroxyl groups is 1. The first kappa shape index (κ1) is 20.4. The zero-order valence-corrected chi connectivity index (χ0v) is 14.7. The van der Waals surface area contributed by atoms with E-state index in [2.05, 4.69) is 10.6 Å². The minimum atomic E-state index is -4.47. The standard InChI is InChI=1S/C19H19F3N2O3/c1-11-4-3-5-15(12(11)2)24-18(27)17(26)23-10-16(25)13-6-8-14(9-7-13)19(20,21)22/h3-9,16,25H,10H2,1-2H3,(H,23,26)(H,24,27)/t16-/m0/s1. The van der Waals surface area contributed by atoms with Gasteiger partial charge < -0.3 is 15.7 Å². The van der Waals surface area contributed by atoms with Crippen LogP contribution in [0.2, 0.25) is 0 Å². The van der Waals surface area contributed by atoms with Gasteiger partial charge in [-0.3, -0.25) is 9.59 Å². The van der Waals surface area contributed by atoms with Gasteiger partial charge in [0, 0.05) is 12.2 Å². The summed E-state index contributed by atoms with van der Waals surface area (Å²) in [4.78, 5) is 23.8. The van der Waals surface area contributed by atoms with Crippen LogP contribution in [-0.2, 0) is 15.8 Å². The number of nitrogens with one attached hydrogen (secondary N) is 2. The Morgan fingerprint density at radius 1 is 1.04 bits per heavy atom. The van der Waals surface area contributed by atoms with E-state index in [-0.39, 0.29) is 12.1 Å². The molecule has 0 saturated carbocycles. The molecule has 2 aromatic carbocycles. The minimum Gasteiger partial charge on any atom is -0.387 e. The highest BCUT2D eigenvalue weighted by Gasteiger charge is 2.30. The van der Waals surface area contributed by atoms with E-state index in [0.29, 0.717) is 5.69 Å². The topological polar surface area (TPSA) is 78.4 Å². The number of rotatable bonds is 4. The Morgan fingerprint density at radius 3 is 2.26 bits per heavy atom. The Kier molecular flexibility index (Phi) is 6.22. The summed E-state index contributed by atoms with van der Waals surface area (Å²) in [5.74, 6) is -1.86. The molecule has 2 rings (SSSR count). The first-order valence-electron chi connectivity index (χ1n) is 8.10. The smallest absolute Gasteiger partial charge is 0.387 e. The molecule has 0 bridgehead atoms. The van der Waals surface area contributed by atoms with Crippen molar-refractivity contribution in [2.45, 2.75) is 26.1 Å². The monoisotopic (exact) mass is 380 g/mol. The number of hydrogen-bond acceptors (Lipinski definition) is 3. The fourth-order valence-corrected chi connectivity index (χ4v) is 2.35. The number of aliphatic hydroxyl groups excluding tert-OH is 1. The van der Waals surface area contributed by atoms with Crippen LogP contribution < -0.4 is 10.6 Å². The molecular formula is C19H19F3N2O3. The summed E-state index contributed by atoms with van der Waals surface area (Å²) in [6.45, 7) is 3.35. The molecule has 0 saturated heterocycles. The summed E-state index contributed by atoms with van der Waals surface area (Å²) < 4.78 is 37.6. The molecule has 2 amide bonds. The molecule has 0 heterocycles. The Bertz CT molecular complexity index is 833. The maximum absolute atomic E-state index is 12.5. The molecule has 0 aromatic heterocycles. The molecule has 2 aromatic rings. The van der Waals surface area contributed by atoms with Gasteiger partial charge in [-0.1, -0.05) is 24.3 Å². The number of carbonyl (C=O) groups is 2. The first-order chi connectivity index (χ1) is 12.6. The highest BCUT2D eigenvalue weighted by atomic mass is 19.4. The maximum Gasteiger partial charge on any atom is 0.416 e. The van der Waals surface area contributed by atoms with E-state index in [1.165, 1.54) is 0 Å². The summed E-state index contributed by atoms with van der Waals surface area (Å²) in [7, 11) is 0. The fraction of sp³-hybridized carbons (Fsp3) is 0.263. The Morgan fingerprint density at radius 2 is 1.67 bits per heavy atom. The molecule has 0 radical (unpaired) electrons. The van der Waals surface area contributed by atoms with Gasteiger partial charge in [0.25, 0.3) is 0 Å². The lowest BCUT2D eigenvalue weighted by Gasteiger charge is -2.14. The maximum atomic E-state index is 12.5. The van der Waals surface area contributed by atoms with E-state index >= 15 is 0 Å². The Balaban J connectivity index is 1.92. The van der Waals surface area contributed by atoms with Gasteiger partial charge >= 0.3 is 18.0 Å². The van der Waals surface area contributed by atoms with Crippen molar-refractivity contribution in [1.29, 1.82) is 0 Å². The van der Waals surface area contributed by atoms with Crippen LogP contribution in [0.25, 0.3) is 0 Å². The number of aryl methyl sites for hydroxylation is 1. The van der Waals surface area contributed by atoms with Crippen molar-refractivity contribution in [3.05, 3.63) is 64.7 Å². The molecule has 3 N–H and O–H groups in total. The van der Waals surface area contributed by atoms with Crippen LogP contribution in [0.5, 0.6) is 0 Å². The number of carbonyl (C=O) groups excluding carboxylic acids is 2. The van der Waals surface area contributed by atoms with Crippen molar-refractivity contribution in [3.8, 4) is 0 Å². The average Bonchev–Trinajstić information content (AvgIpc) is 2.62. The lowest BCUT2D eigenvalue weighted by Crippen LogP contribution is -2.37. The van der Waals surface area contributed by atoms with Crippen molar-refractivity contribution < 1.29 is 27.9 Å². The van der Waals surface area contributed by atoms with Crippen LogP contribution in [0.4, 0.5) is 18.9 Å². The van der Waals surface area contributed by atoms with Gasteiger partial charge in [-0.2, -0.15) is 13.2 Å². The third-order valence-electron chi connectivity index (χ3n) is 4.14. The van der Waals surface area contributed by atoms with E-state index in [0.717, 1.165) is 35.4 Å². The number of amides is 2. The molecular weight excluding hydrogens is 361 g/mol. The zero-order chi connectivity index (χ0) is 20.2. The van der Waals surface area contributed by atoms with Crippen LogP contribution in [0.15, 0.2) is 42.5 Å². The van der Waals surface area contributed by atoms with Crippen molar-refractivity contribution in [2.24, 2.45) is 0 Å². The average molecular weight is 380 g/mol. The zero-order valence-electron chi connectivity index (χ0n) is 14.7. The third kappa shape index (κ3) is 5.30. The molecule has 144 valence electrons. The van der Waals surface area contributed by atoms with E-state index in [4.69, 9.17) is 0 Å². The van der Waals surface area contributed by atoms with Gasteiger partial charge in [-0.25, -0.2) is 0 Å². The largest absolute Gasteiger partial charge is 0.416 e. The van der Waals surface area contributed by atoms with Gasteiger partial charge in [0.05, 0.1) is 11.7 Å². The van der Waals surface area contributed by atoms with Gasteiger partial charge in [0.2, 0.25) is 0 Å². The second-order valence-electron chi connectivity index (χ2n) is 6.05. The molecule has 0 unspecified atom stereocenters. The molecule has 1 atom stereocenters. The fourth-order valence-electron chi connectivity index (χ4n) is 2.35. The quantitative estimate of drug-likeness (QED) is 0.714.